The van der Waals surface area contributed by atoms with Gasteiger partial charge in [-0.25, -0.2) is 0 Å². The zero-order valence-electron chi connectivity index (χ0n) is 18.2. The van der Waals surface area contributed by atoms with Crippen molar-refractivity contribution in [2.24, 2.45) is 5.92 Å². The SMILES string of the molecule is CC[C@H](C(=O)NCC(C)C)N(Cc1c(Cl)cccc1Cl)C(=O)CCSc1ccccc1. The summed E-state index contributed by atoms with van der Waals surface area (Å²) in [6.07, 6.45) is 0.819. The Kier molecular flexibility index (Phi) is 10.7. The Bertz CT molecular complexity index is 842. The molecular weight excluding hydrogens is 451 g/mol. The number of carbonyl (C=O) groups excluding carboxylic acids is 2. The molecule has 4 nitrogen and oxygen atoms in total. The van der Waals surface area contributed by atoms with E-state index in [-0.39, 0.29) is 18.4 Å². The molecule has 0 aliphatic heterocycles. The number of thioether (sulfide) groups is 1. The van der Waals surface area contributed by atoms with Crippen LogP contribution in [-0.4, -0.2) is 35.1 Å². The van der Waals surface area contributed by atoms with Crippen LogP contribution in [0.4, 0.5) is 0 Å². The van der Waals surface area contributed by atoms with Gasteiger partial charge >= 0.3 is 0 Å². The Morgan fingerprint density at radius 2 is 1.68 bits per heavy atom. The molecule has 7 heteroatoms. The molecule has 2 amide bonds. The second kappa shape index (κ2) is 13.0. The molecule has 0 aliphatic rings. The average Bonchev–Trinajstić information content (AvgIpc) is 2.74. The molecule has 0 bridgehead atoms. The third-order valence-corrected chi connectivity index (χ3v) is 6.51. The summed E-state index contributed by atoms with van der Waals surface area (Å²) >= 11 is 14.4. The molecule has 0 saturated carbocycles. The molecule has 0 fully saturated rings. The smallest absolute Gasteiger partial charge is 0.242 e. The first-order chi connectivity index (χ1) is 14.8. The standard InChI is InChI=1S/C24H30Cl2N2O2S/c1-4-22(24(30)27-15-17(2)3)28(16-19-20(25)11-8-12-21(19)26)23(29)13-14-31-18-9-6-5-7-10-18/h5-12,17,22H,4,13-16H2,1-3H3,(H,27,30)/t22-/m1/s1. The van der Waals surface area contributed by atoms with E-state index in [1.807, 2.05) is 51.1 Å². The van der Waals surface area contributed by atoms with E-state index >= 15 is 0 Å². The van der Waals surface area contributed by atoms with Crippen molar-refractivity contribution in [2.75, 3.05) is 12.3 Å². The minimum absolute atomic E-state index is 0.0917. The topological polar surface area (TPSA) is 49.4 Å². The van der Waals surface area contributed by atoms with Crippen molar-refractivity contribution >= 4 is 46.8 Å². The second-order valence-corrected chi connectivity index (χ2v) is 9.68. The summed E-state index contributed by atoms with van der Waals surface area (Å²) in [6, 6.07) is 14.6. The van der Waals surface area contributed by atoms with Gasteiger partial charge in [-0.05, 0) is 36.6 Å². The summed E-state index contributed by atoms with van der Waals surface area (Å²) in [5.74, 6) is 0.708. The first-order valence-electron chi connectivity index (χ1n) is 10.5. The lowest BCUT2D eigenvalue weighted by atomic mass is 10.1. The van der Waals surface area contributed by atoms with Crippen LogP contribution in [0.5, 0.6) is 0 Å². The summed E-state index contributed by atoms with van der Waals surface area (Å²) in [5, 5.41) is 3.94. The average molecular weight is 481 g/mol. The monoisotopic (exact) mass is 480 g/mol. The number of nitrogens with one attached hydrogen (secondary N) is 1. The maximum atomic E-state index is 13.2. The van der Waals surface area contributed by atoms with Crippen molar-refractivity contribution in [1.29, 1.82) is 0 Å². The zero-order valence-corrected chi connectivity index (χ0v) is 20.6. The molecule has 1 N–H and O–H groups in total. The first kappa shape index (κ1) is 25.6. The number of amides is 2. The van der Waals surface area contributed by atoms with Crippen molar-refractivity contribution in [3.05, 3.63) is 64.1 Å². The third kappa shape index (κ3) is 8.06. The molecule has 0 spiro atoms. The molecule has 0 radical (unpaired) electrons. The van der Waals surface area contributed by atoms with E-state index in [0.29, 0.717) is 46.7 Å². The molecule has 0 aromatic heterocycles. The van der Waals surface area contributed by atoms with Crippen molar-refractivity contribution in [1.82, 2.24) is 10.2 Å². The lowest BCUT2D eigenvalue weighted by molar-refractivity contribution is -0.141. The Morgan fingerprint density at radius 3 is 2.26 bits per heavy atom. The lowest BCUT2D eigenvalue weighted by Gasteiger charge is -2.31. The van der Waals surface area contributed by atoms with E-state index in [1.54, 1.807) is 34.9 Å². The second-order valence-electron chi connectivity index (χ2n) is 7.70. The predicted octanol–water partition coefficient (Wildman–Crippen LogP) is 6.06. The first-order valence-corrected chi connectivity index (χ1v) is 12.3. The quantitative estimate of drug-likeness (QED) is 0.397. The highest BCUT2D eigenvalue weighted by molar-refractivity contribution is 7.99. The van der Waals surface area contributed by atoms with Crippen LogP contribution in [0.25, 0.3) is 0 Å². The Balaban J connectivity index is 2.18. The van der Waals surface area contributed by atoms with E-state index in [0.717, 1.165) is 4.90 Å². The van der Waals surface area contributed by atoms with Gasteiger partial charge in [-0.15, -0.1) is 11.8 Å². The molecule has 0 unspecified atom stereocenters. The number of rotatable bonds is 11. The van der Waals surface area contributed by atoms with Crippen LogP contribution in [0.2, 0.25) is 10.0 Å². The van der Waals surface area contributed by atoms with Crippen LogP contribution in [-0.2, 0) is 16.1 Å². The Morgan fingerprint density at radius 1 is 1.03 bits per heavy atom. The van der Waals surface area contributed by atoms with E-state index in [9.17, 15) is 9.59 Å². The van der Waals surface area contributed by atoms with Crippen LogP contribution < -0.4 is 5.32 Å². The minimum Gasteiger partial charge on any atom is -0.354 e. The van der Waals surface area contributed by atoms with Gasteiger partial charge in [0.15, 0.2) is 0 Å². The molecule has 2 rings (SSSR count). The van der Waals surface area contributed by atoms with Gasteiger partial charge in [-0.1, -0.05) is 68.2 Å². The van der Waals surface area contributed by atoms with Gasteiger partial charge in [0.2, 0.25) is 11.8 Å². The summed E-state index contributed by atoms with van der Waals surface area (Å²) in [6.45, 7) is 6.74. The molecule has 168 valence electrons. The fourth-order valence-corrected chi connectivity index (χ4v) is 4.49. The molecule has 1 atom stereocenters. The van der Waals surface area contributed by atoms with Crippen LogP contribution in [0.15, 0.2) is 53.4 Å². The highest BCUT2D eigenvalue weighted by Crippen LogP contribution is 2.27. The minimum atomic E-state index is -0.583. The summed E-state index contributed by atoms with van der Waals surface area (Å²) < 4.78 is 0. The van der Waals surface area contributed by atoms with Gasteiger partial charge in [-0.2, -0.15) is 0 Å². The van der Waals surface area contributed by atoms with Gasteiger partial charge < -0.3 is 10.2 Å². The molecule has 0 saturated heterocycles. The molecule has 0 heterocycles. The maximum Gasteiger partial charge on any atom is 0.242 e. The van der Waals surface area contributed by atoms with Gasteiger partial charge in [0.05, 0.1) is 0 Å². The number of halogens is 2. The molecule has 31 heavy (non-hydrogen) atoms. The van der Waals surface area contributed by atoms with E-state index in [4.69, 9.17) is 23.2 Å². The molecule has 2 aromatic carbocycles. The van der Waals surface area contributed by atoms with E-state index in [2.05, 4.69) is 5.32 Å². The van der Waals surface area contributed by atoms with Gasteiger partial charge in [0.25, 0.3) is 0 Å². The van der Waals surface area contributed by atoms with Gasteiger partial charge in [0.1, 0.15) is 6.04 Å². The predicted molar refractivity (Wildman–Crippen MR) is 131 cm³/mol. The molecular formula is C24H30Cl2N2O2S. The van der Waals surface area contributed by atoms with Crippen LogP contribution >= 0.6 is 35.0 Å². The van der Waals surface area contributed by atoms with Crippen LogP contribution in [0, 0.1) is 5.92 Å². The Hall–Kier alpha value is -1.69. The van der Waals surface area contributed by atoms with E-state index < -0.39 is 6.04 Å². The lowest BCUT2D eigenvalue weighted by Crippen LogP contribution is -2.49. The van der Waals surface area contributed by atoms with Crippen molar-refractivity contribution in [3.63, 3.8) is 0 Å². The van der Waals surface area contributed by atoms with Crippen molar-refractivity contribution < 1.29 is 9.59 Å². The normalized spacial score (nSPS) is 11.9. The number of hydrogen-bond donors (Lipinski definition) is 1. The Labute approximate surface area is 199 Å². The van der Waals surface area contributed by atoms with Gasteiger partial charge in [-0.3, -0.25) is 9.59 Å². The number of hydrogen-bond acceptors (Lipinski definition) is 3. The molecule has 0 aliphatic carbocycles. The van der Waals surface area contributed by atoms with Gasteiger partial charge in [0, 0.05) is 45.8 Å². The van der Waals surface area contributed by atoms with Crippen molar-refractivity contribution in [2.45, 2.75) is 51.1 Å². The number of benzene rings is 2. The van der Waals surface area contributed by atoms with Crippen LogP contribution in [0.3, 0.4) is 0 Å². The zero-order chi connectivity index (χ0) is 22.8. The highest BCUT2D eigenvalue weighted by atomic mass is 35.5. The highest BCUT2D eigenvalue weighted by Gasteiger charge is 2.29. The van der Waals surface area contributed by atoms with Crippen molar-refractivity contribution in [3.8, 4) is 0 Å². The summed E-state index contributed by atoms with van der Waals surface area (Å²) in [4.78, 5) is 28.9. The molecule has 2 aromatic rings. The van der Waals surface area contributed by atoms with Crippen LogP contribution in [0.1, 0.15) is 39.2 Å². The largest absolute Gasteiger partial charge is 0.354 e. The van der Waals surface area contributed by atoms with E-state index in [1.165, 1.54) is 0 Å². The summed E-state index contributed by atoms with van der Waals surface area (Å²) in [7, 11) is 0. The fourth-order valence-electron chi connectivity index (χ4n) is 3.11. The maximum absolute atomic E-state index is 13.2. The third-order valence-electron chi connectivity index (χ3n) is 4.79. The fraction of sp³-hybridized carbons (Fsp3) is 0.417. The summed E-state index contributed by atoms with van der Waals surface area (Å²) in [5.41, 5.74) is 0.657. The number of carbonyl (C=O) groups is 2. The number of nitrogens with zero attached hydrogens (tertiary/aromatic N) is 1.